The van der Waals surface area contributed by atoms with Gasteiger partial charge in [-0.1, -0.05) is 12.1 Å². The summed E-state index contributed by atoms with van der Waals surface area (Å²) in [5.41, 5.74) is 0.0804. The van der Waals surface area contributed by atoms with E-state index in [1.807, 2.05) is 19.9 Å². The fourth-order valence-electron chi connectivity index (χ4n) is 2.71. The number of hydrogen-bond acceptors (Lipinski definition) is 6. The van der Waals surface area contributed by atoms with Crippen molar-refractivity contribution in [2.75, 3.05) is 6.61 Å². The van der Waals surface area contributed by atoms with Crippen molar-refractivity contribution in [3.63, 3.8) is 0 Å². The molecule has 1 aliphatic heterocycles. The van der Waals surface area contributed by atoms with E-state index in [1.165, 1.54) is 0 Å². The fourth-order valence-corrected chi connectivity index (χ4v) is 2.71. The predicted octanol–water partition coefficient (Wildman–Crippen LogP) is 3.43. The van der Waals surface area contributed by atoms with E-state index in [-0.39, 0.29) is 5.60 Å². The zero-order valence-corrected chi connectivity index (χ0v) is 14.2. The lowest BCUT2D eigenvalue weighted by Crippen LogP contribution is -2.25. The highest BCUT2D eigenvalue weighted by Crippen LogP contribution is 2.41. The monoisotopic (exact) mass is 361 g/mol. The molecule has 0 bridgehead atoms. The summed E-state index contributed by atoms with van der Waals surface area (Å²) in [6, 6.07) is 7.96. The molecule has 2 aromatic rings. The number of hydrogen-bond donors (Lipinski definition) is 0. The van der Waals surface area contributed by atoms with Gasteiger partial charge in [-0.25, -0.2) is 9.18 Å². The van der Waals surface area contributed by atoms with Gasteiger partial charge < -0.3 is 14.2 Å². The zero-order valence-electron chi connectivity index (χ0n) is 14.2. The van der Waals surface area contributed by atoms with Crippen molar-refractivity contribution >= 4 is 11.7 Å². The van der Waals surface area contributed by atoms with Gasteiger partial charge in [0.1, 0.15) is 11.4 Å². The van der Waals surface area contributed by atoms with Gasteiger partial charge in [0, 0.05) is 24.1 Å². The number of esters is 1. The van der Waals surface area contributed by atoms with Gasteiger partial charge in [-0.05, 0) is 26.0 Å². The van der Waals surface area contributed by atoms with Gasteiger partial charge in [0.25, 0.3) is 0 Å². The van der Waals surface area contributed by atoms with Crippen LogP contribution in [0.2, 0.25) is 0 Å². The number of benzene rings is 2. The van der Waals surface area contributed by atoms with Crippen LogP contribution in [0.25, 0.3) is 0 Å². The minimum Gasteiger partial charge on any atom is -0.483 e. The van der Waals surface area contributed by atoms with Crippen molar-refractivity contribution in [3.8, 4) is 17.2 Å². The lowest BCUT2D eigenvalue weighted by atomic mass is 10.0. The summed E-state index contributed by atoms with van der Waals surface area (Å²) in [6.07, 6.45) is 0.708. The van der Waals surface area contributed by atoms with Gasteiger partial charge in [0.2, 0.25) is 5.75 Å². The molecule has 0 spiro atoms. The molecule has 0 saturated heterocycles. The Morgan fingerprint density at radius 3 is 2.81 bits per heavy atom. The normalized spacial score (nSPS) is 14.3. The summed E-state index contributed by atoms with van der Waals surface area (Å²) in [5, 5.41) is 10.9. The number of nitro benzene ring substituents is 1. The van der Waals surface area contributed by atoms with Gasteiger partial charge in [-0.3, -0.25) is 10.1 Å². The lowest BCUT2D eigenvalue weighted by Gasteiger charge is -2.18. The average Bonchev–Trinajstić information content (AvgIpc) is 2.87. The number of nitro groups is 1. The van der Waals surface area contributed by atoms with Crippen LogP contribution in [0.15, 0.2) is 36.4 Å². The number of rotatable bonds is 5. The third-order valence-corrected chi connectivity index (χ3v) is 3.74. The maximum absolute atomic E-state index is 13.3. The highest BCUT2D eigenvalue weighted by Gasteiger charge is 2.32. The average molecular weight is 361 g/mol. The second-order valence-corrected chi connectivity index (χ2v) is 6.41. The van der Waals surface area contributed by atoms with Crippen LogP contribution < -0.4 is 14.2 Å². The number of carbonyl (C=O) groups is 1. The molecule has 1 heterocycles. The minimum atomic E-state index is -0.895. The SMILES string of the molecule is CC1(C)Cc2cccc(OCC(=O)Oc3cc(F)ccc3[N+](=O)[O-])c2O1. The number of nitrogens with zero attached hydrogens (tertiary/aromatic N) is 1. The second-order valence-electron chi connectivity index (χ2n) is 6.41. The van der Waals surface area contributed by atoms with Crippen LogP contribution in [0.5, 0.6) is 17.2 Å². The molecule has 0 aliphatic carbocycles. The first-order valence-electron chi connectivity index (χ1n) is 7.83. The summed E-state index contributed by atoms with van der Waals surface area (Å²) in [7, 11) is 0. The largest absolute Gasteiger partial charge is 0.483 e. The fraction of sp³-hybridized carbons (Fsp3) is 0.278. The highest BCUT2D eigenvalue weighted by molar-refractivity contribution is 5.75. The third kappa shape index (κ3) is 3.74. The maximum Gasteiger partial charge on any atom is 0.349 e. The summed E-state index contributed by atoms with van der Waals surface area (Å²) in [5.74, 6) is -1.19. The molecule has 0 saturated carbocycles. The Morgan fingerprint density at radius 1 is 1.31 bits per heavy atom. The molecule has 2 aromatic carbocycles. The van der Waals surface area contributed by atoms with Crippen LogP contribution in [0.3, 0.4) is 0 Å². The number of para-hydroxylation sites is 1. The standard InChI is InChI=1S/C18H16FNO6/c1-18(2)9-11-4-3-5-14(17(11)26-18)24-10-16(21)25-15-8-12(19)6-7-13(15)20(22)23/h3-8H,9-10H2,1-2H3. The van der Waals surface area contributed by atoms with Crippen molar-refractivity contribution in [1.29, 1.82) is 0 Å². The molecule has 0 radical (unpaired) electrons. The first kappa shape index (κ1) is 17.7. The first-order valence-corrected chi connectivity index (χ1v) is 7.83. The van der Waals surface area contributed by atoms with Crippen LogP contribution in [0, 0.1) is 15.9 Å². The molecule has 0 fully saturated rings. The van der Waals surface area contributed by atoms with E-state index in [9.17, 15) is 19.3 Å². The number of ether oxygens (including phenoxy) is 3. The Hall–Kier alpha value is -3.16. The van der Waals surface area contributed by atoms with E-state index >= 15 is 0 Å². The van der Waals surface area contributed by atoms with Gasteiger partial charge in [-0.15, -0.1) is 0 Å². The molecular formula is C18H16FNO6. The van der Waals surface area contributed by atoms with Crippen LogP contribution in [-0.4, -0.2) is 23.1 Å². The zero-order chi connectivity index (χ0) is 18.9. The molecular weight excluding hydrogens is 345 g/mol. The second kappa shape index (κ2) is 6.62. The molecule has 8 heteroatoms. The Labute approximate surface area is 148 Å². The van der Waals surface area contributed by atoms with E-state index in [0.29, 0.717) is 17.9 Å². The van der Waals surface area contributed by atoms with E-state index in [2.05, 4.69) is 0 Å². The van der Waals surface area contributed by atoms with E-state index in [0.717, 1.165) is 23.8 Å². The summed E-state index contributed by atoms with van der Waals surface area (Å²) >= 11 is 0. The molecule has 7 nitrogen and oxygen atoms in total. The van der Waals surface area contributed by atoms with E-state index in [1.54, 1.807) is 12.1 Å². The lowest BCUT2D eigenvalue weighted by molar-refractivity contribution is -0.385. The summed E-state index contributed by atoms with van der Waals surface area (Å²) < 4.78 is 29.4. The van der Waals surface area contributed by atoms with Crippen LogP contribution in [-0.2, 0) is 11.2 Å². The third-order valence-electron chi connectivity index (χ3n) is 3.74. The topological polar surface area (TPSA) is 87.9 Å². The van der Waals surface area contributed by atoms with E-state index < -0.39 is 34.8 Å². The molecule has 0 N–H and O–H groups in total. The Kier molecular flexibility index (Phi) is 4.50. The number of halogens is 1. The molecule has 1 aliphatic rings. The molecule has 0 atom stereocenters. The number of fused-ring (bicyclic) bond motifs is 1. The Balaban J connectivity index is 1.69. The quantitative estimate of drug-likeness (QED) is 0.351. The van der Waals surface area contributed by atoms with Crippen molar-refractivity contribution in [2.24, 2.45) is 0 Å². The van der Waals surface area contributed by atoms with Crippen LogP contribution in [0.1, 0.15) is 19.4 Å². The van der Waals surface area contributed by atoms with Gasteiger partial charge in [0.15, 0.2) is 18.1 Å². The van der Waals surface area contributed by atoms with Gasteiger partial charge in [0.05, 0.1) is 4.92 Å². The van der Waals surface area contributed by atoms with Crippen molar-refractivity contribution in [3.05, 3.63) is 57.9 Å². The predicted molar refractivity (Wildman–Crippen MR) is 89.0 cm³/mol. The molecule has 0 amide bonds. The summed E-state index contributed by atoms with van der Waals surface area (Å²) in [6.45, 7) is 3.37. The van der Waals surface area contributed by atoms with Crippen molar-refractivity contribution < 1.29 is 28.3 Å². The van der Waals surface area contributed by atoms with Crippen LogP contribution >= 0.6 is 0 Å². The summed E-state index contributed by atoms with van der Waals surface area (Å²) in [4.78, 5) is 22.1. The van der Waals surface area contributed by atoms with Gasteiger partial charge in [-0.2, -0.15) is 0 Å². The smallest absolute Gasteiger partial charge is 0.349 e. The molecule has 3 rings (SSSR count). The Bertz CT molecular complexity index is 880. The first-order chi connectivity index (χ1) is 12.2. The van der Waals surface area contributed by atoms with Gasteiger partial charge >= 0.3 is 11.7 Å². The van der Waals surface area contributed by atoms with Crippen LogP contribution in [0.4, 0.5) is 10.1 Å². The maximum atomic E-state index is 13.3. The van der Waals surface area contributed by atoms with Crippen molar-refractivity contribution in [1.82, 2.24) is 0 Å². The minimum absolute atomic E-state index is 0.371. The van der Waals surface area contributed by atoms with E-state index in [4.69, 9.17) is 14.2 Å². The Morgan fingerprint density at radius 2 is 2.08 bits per heavy atom. The molecule has 26 heavy (non-hydrogen) atoms. The highest BCUT2D eigenvalue weighted by atomic mass is 19.1. The molecule has 0 unspecified atom stereocenters. The van der Waals surface area contributed by atoms with Crippen molar-refractivity contribution in [2.45, 2.75) is 25.9 Å². The molecule has 0 aromatic heterocycles. The number of carbonyl (C=O) groups excluding carboxylic acids is 1. The molecule has 136 valence electrons.